The highest BCUT2D eigenvalue weighted by Gasteiger charge is 2.16. The number of nitrogens with one attached hydrogen (secondary N) is 3. The lowest BCUT2D eigenvalue weighted by atomic mass is 10.1. The van der Waals surface area contributed by atoms with Gasteiger partial charge in [-0.15, -0.1) is 0 Å². The second-order valence-corrected chi connectivity index (χ2v) is 8.23. The van der Waals surface area contributed by atoms with Crippen LogP contribution >= 0.6 is 0 Å². The summed E-state index contributed by atoms with van der Waals surface area (Å²) in [7, 11) is 3.82. The van der Waals surface area contributed by atoms with Gasteiger partial charge in [0.05, 0.1) is 30.5 Å². The number of anilines is 2. The molecule has 4 N–H and O–H groups in total. The highest BCUT2D eigenvalue weighted by atomic mass is 16.5. The van der Waals surface area contributed by atoms with E-state index in [2.05, 4.69) is 25.9 Å². The van der Waals surface area contributed by atoms with E-state index in [-0.39, 0.29) is 18.6 Å². The van der Waals surface area contributed by atoms with E-state index in [9.17, 15) is 14.7 Å². The molecular formula is C26H32N6O4. The van der Waals surface area contributed by atoms with Crippen LogP contribution in [0.1, 0.15) is 18.5 Å². The van der Waals surface area contributed by atoms with Crippen LogP contribution in [0.25, 0.3) is 10.9 Å². The van der Waals surface area contributed by atoms with Crippen LogP contribution < -0.4 is 20.7 Å². The van der Waals surface area contributed by atoms with Gasteiger partial charge in [0.25, 0.3) is 0 Å². The maximum Gasteiger partial charge on any atom is 0.248 e. The van der Waals surface area contributed by atoms with Crippen LogP contribution in [0.2, 0.25) is 0 Å². The van der Waals surface area contributed by atoms with Crippen LogP contribution in [0, 0.1) is 0 Å². The topological polar surface area (TPSA) is 129 Å². The average molecular weight is 493 g/mol. The van der Waals surface area contributed by atoms with E-state index >= 15 is 0 Å². The summed E-state index contributed by atoms with van der Waals surface area (Å²) in [6, 6.07) is 12.6. The van der Waals surface area contributed by atoms with Gasteiger partial charge < -0.3 is 30.7 Å². The first kappa shape index (κ1) is 26.6. The predicted molar refractivity (Wildman–Crippen MR) is 140 cm³/mol. The van der Waals surface area contributed by atoms with Crippen molar-refractivity contribution in [1.82, 2.24) is 20.2 Å². The molecule has 2 aromatic carbocycles. The van der Waals surface area contributed by atoms with Crippen molar-refractivity contribution in [1.29, 1.82) is 0 Å². The van der Waals surface area contributed by atoms with Gasteiger partial charge in [0, 0.05) is 36.7 Å². The summed E-state index contributed by atoms with van der Waals surface area (Å²) in [5.41, 5.74) is 1.92. The standard InChI is InChI=1S/C26H32N6O4/c1-4-36-23-15-20-19(14-21(23)30-25(35)11-10-24(34)27-12-13-32(2)3)26(29-17-28-20)31-22(16-33)18-8-6-5-7-9-18/h5-11,14-15,17,22,33H,4,12-13,16H2,1-3H3,(H,27,34)(H,30,35)(H,28,29,31)/b11-10+/t22-/m1/s1. The Labute approximate surface area is 210 Å². The van der Waals surface area contributed by atoms with Gasteiger partial charge in [0.15, 0.2) is 0 Å². The molecule has 0 fully saturated rings. The number of aliphatic hydroxyl groups excluding tert-OH is 1. The Hall–Kier alpha value is -4.02. The molecule has 10 nitrogen and oxygen atoms in total. The van der Waals surface area contributed by atoms with Gasteiger partial charge in [0.2, 0.25) is 11.8 Å². The van der Waals surface area contributed by atoms with Crippen molar-refractivity contribution < 1.29 is 19.4 Å². The SMILES string of the molecule is CCOc1cc2ncnc(N[C@H](CO)c3ccccc3)c2cc1NC(=O)/C=C/C(=O)NCCN(C)C. The first-order valence-electron chi connectivity index (χ1n) is 11.7. The maximum absolute atomic E-state index is 12.6. The summed E-state index contributed by atoms with van der Waals surface area (Å²) in [6.07, 6.45) is 3.78. The molecule has 0 unspecified atom stereocenters. The molecule has 0 aliphatic rings. The number of likely N-dealkylation sites (N-methyl/N-ethyl adjacent to an activating group) is 1. The predicted octanol–water partition coefficient (Wildman–Crippen LogP) is 2.35. The lowest BCUT2D eigenvalue weighted by molar-refractivity contribution is -0.117. The van der Waals surface area contributed by atoms with Gasteiger partial charge >= 0.3 is 0 Å². The highest BCUT2D eigenvalue weighted by molar-refractivity contribution is 6.06. The van der Waals surface area contributed by atoms with E-state index < -0.39 is 5.91 Å². The van der Waals surface area contributed by atoms with Crippen LogP contribution in [-0.2, 0) is 9.59 Å². The van der Waals surface area contributed by atoms with Crippen molar-refractivity contribution in [2.75, 3.05) is 51.0 Å². The van der Waals surface area contributed by atoms with E-state index in [0.29, 0.717) is 47.9 Å². The Balaban J connectivity index is 1.83. The number of carbonyl (C=O) groups excluding carboxylic acids is 2. The molecule has 3 aromatic rings. The molecule has 0 bridgehead atoms. The van der Waals surface area contributed by atoms with E-state index in [1.54, 1.807) is 12.1 Å². The molecule has 1 atom stereocenters. The highest BCUT2D eigenvalue weighted by Crippen LogP contribution is 2.33. The summed E-state index contributed by atoms with van der Waals surface area (Å²) >= 11 is 0. The number of hydrogen-bond acceptors (Lipinski definition) is 8. The molecular weight excluding hydrogens is 460 g/mol. The Bertz CT molecular complexity index is 1200. The third kappa shape index (κ3) is 7.49. The van der Waals surface area contributed by atoms with E-state index in [1.807, 2.05) is 56.3 Å². The molecule has 36 heavy (non-hydrogen) atoms. The van der Waals surface area contributed by atoms with Crippen molar-refractivity contribution in [2.45, 2.75) is 13.0 Å². The smallest absolute Gasteiger partial charge is 0.248 e. The molecule has 0 aliphatic heterocycles. The van der Waals surface area contributed by atoms with E-state index in [0.717, 1.165) is 5.56 Å². The quantitative estimate of drug-likeness (QED) is 0.284. The number of aliphatic hydroxyl groups is 1. The minimum absolute atomic E-state index is 0.141. The van der Waals surface area contributed by atoms with Crippen molar-refractivity contribution >= 4 is 34.2 Å². The molecule has 190 valence electrons. The zero-order chi connectivity index (χ0) is 25.9. The Morgan fingerprint density at radius 1 is 1.11 bits per heavy atom. The average Bonchev–Trinajstić information content (AvgIpc) is 2.87. The first-order chi connectivity index (χ1) is 17.4. The molecule has 1 heterocycles. The summed E-state index contributed by atoms with van der Waals surface area (Å²) in [5.74, 6) is 0.0965. The maximum atomic E-state index is 12.6. The molecule has 3 rings (SSSR count). The number of amides is 2. The molecule has 0 spiro atoms. The fraction of sp³-hybridized carbons (Fsp3) is 0.308. The van der Waals surface area contributed by atoms with Gasteiger partial charge in [-0.05, 0) is 32.6 Å². The molecule has 1 aromatic heterocycles. The minimum Gasteiger partial charge on any atom is -0.492 e. The van der Waals surface area contributed by atoms with E-state index in [4.69, 9.17) is 4.74 Å². The molecule has 0 saturated heterocycles. The van der Waals surface area contributed by atoms with Gasteiger partial charge in [-0.25, -0.2) is 9.97 Å². The van der Waals surface area contributed by atoms with E-state index in [1.165, 1.54) is 18.5 Å². The Kier molecular flexibility index (Phi) is 9.73. The van der Waals surface area contributed by atoms with Gasteiger partial charge in [-0.1, -0.05) is 30.3 Å². The lowest BCUT2D eigenvalue weighted by Crippen LogP contribution is -2.30. The van der Waals surface area contributed by atoms with Gasteiger partial charge in [0.1, 0.15) is 17.9 Å². The molecule has 0 saturated carbocycles. The third-order valence-corrected chi connectivity index (χ3v) is 5.23. The van der Waals surface area contributed by atoms with Crippen molar-refractivity contribution in [3.8, 4) is 5.75 Å². The summed E-state index contributed by atoms with van der Waals surface area (Å²) in [6.45, 7) is 3.25. The number of ether oxygens (including phenoxy) is 1. The monoisotopic (exact) mass is 492 g/mol. The fourth-order valence-corrected chi connectivity index (χ4v) is 3.44. The second kappa shape index (κ2) is 13.2. The molecule has 2 amide bonds. The number of hydrogen-bond donors (Lipinski definition) is 4. The van der Waals surface area contributed by atoms with Crippen molar-refractivity contribution in [3.05, 3.63) is 66.5 Å². The number of fused-ring (bicyclic) bond motifs is 1. The second-order valence-electron chi connectivity index (χ2n) is 8.23. The minimum atomic E-state index is -0.484. The largest absolute Gasteiger partial charge is 0.492 e. The third-order valence-electron chi connectivity index (χ3n) is 5.23. The first-order valence-corrected chi connectivity index (χ1v) is 11.7. The summed E-state index contributed by atoms with van der Waals surface area (Å²) in [5, 5.41) is 19.3. The van der Waals surface area contributed by atoms with Crippen LogP contribution in [0.3, 0.4) is 0 Å². The fourth-order valence-electron chi connectivity index (χ4n) is 3.44. The van der Waals surface area contributed by atoms with Crippen LogP contribution in [0.5, 0.6) is 5.75 Å². The number of rotatable bonds is 12. The summed E-state index contributed by atoms with van der Waals surface area (Å²) in [4.78, 5) is 35.2. The number of benzene rings is 2. The van der Waals surface area contributed by atoms with Gasteiger partial charge in [-0.2, -0.15) is 0 Å². The number of carbonyl (C=O) groups is 2. The van der Waals surface area contributed by atoms with Crippen LogP contribution in [0.4, 0.5) is 11.5 Å². The van der Waals surface area contributed by atoms with Gasteiger partial charge in [-0.3, -0.25) is 9.59 Å². The zero-order valence-corrected chi connectivity index (χ0v) is 20.7. The zero-order valence-electron chi connectivity index (χ0n) is 20.7. The van der Waals surface area contributed by atoms with Crippen LogP contribution in [-0.4, -0.2) is 72.2 Å². The van der Waals surface area contributed by atoms with Crippen molar-refractivity contribution in [3.63, 3.8) is 0 Å². The molecule has 10 heteroatoms. The molecule has 0 radical (unpaired) electrons. The molecule has 0 aliphatic carbocycles. The Morgan fingerprint density at radius 3 is 2.56 bits per heavy atom. The normalized spacial score (nSPS) is 12.0. The Morgan fingerprint density at radius 2 is 1.86 bits per heavy atom. The van der Waals surface area contributed by atoms with Crippen LogP contribution in [0.15, 0.2) is 60.9 Å². The lowest BCUT2D eigenvalue weighted by Gasteiger charge is -2.19. The number of aromatic nitrogens is 2. The summed E-state index contributed by atoms with van der Waals surface area (Å²) < 4.78 is 5.71. The van der Waals surface area contributed by atoms with Crippen molar-refractivity contribution in [2.24, 2.45) is 0 Å². The number of nitrogens with zero attached hydrogens (tertiary/aromatic N) is 3.